The molecule has 2 atom stereocenters. The number of rotatable bonds is 3. The molecule has 0 aromatic carbocycles. The molecular weight excluding hydrogens is 198 g/mol. The monoisotopic (exact) mass is 221 g/mol. The van der Waals surface area contributed by atoms with E-state index in [-0.39, 0.29) is 0 Å². The third-order valence-corrected chi connectivity index (χ3v) is 3.65. The largest absolute Gasteiger partial charge is 0.333 e. The van der Waals surface area contributed by atoms with Gasteiger partial charge in [-0.3, -0.25) is 0 Å². The second kappa shape index (κ2) is 5.00. The molecule has 0 radical (unpaired) electrons. The topological polar surface area (TPSA) is 29.9 Å². The van der Waals surface area contributed by atoms with Gasteiger partial charge in [0.15, 0.2) is 0 Å². The molecule has 0 saturated heterocycles. The molecule has 0 amide bonds. The van der Waals surface area contributed by atoms with Gasteiger partial charge in [-0.05, 0) is 25.3 Å². The Morgan fingerprint density at radius 2 is 2.38 bits per heavy atom. The first kappa shape index (κ1) is 11.6. The van der Waals surface area contributed by atoms with Gasteiger partial charge in [-0.15, -0.1) is 0 Å². The summed E-state index contributed by atoms with van der Waals surface area (Å²) in [5, 5.41) is 3.64. The molecule has 0 aliphatic carbocycles. The van der Waals surface area contributed by atoms with Crippen molar-refractivity contribution in [2.45, 2.75) is 52.6 Å². The fraction of sp³-hybridized carbons (Fsp3) is 0.769. The van der Waals surface area contributed by atoms with Crippen LogP contribution in [0, 0.1) is 5.92 Å². The number of aromatic nitrogens is 2. The van der Waals surface area contributed by atoms with E-state index in [4.69, 9.17) is 4.98 Å². The predicted octanol–water partition coefficient (Wildman–Crippen LogP) is 2.53. The molecule has 1 N–H and O–H groups in total. The smallest absolute Gasteiger partial charge is 0.126 e. The minimum atomic E-state index is 0.438. The van der Waals surface area contributed by atoms with E-state index in [0.717, 1.165) is 19.5 Å². The molecule has 0 fully saturated rings. The van der Waals surface area contributed by atoms with Crippen LogP contribution >= 0.6 is 0 Å². The van der Waals surface area contributed by atoms with Gasteiger partial charge < -0.3 is 9.88 Å². The summed E-state index contributed by atoms with van der Waals surface area (Å²) in [6.45, 7) is 8.97. The van der Waals surface area contributed by atoms with Crippen molar-refractivity contribution in [2.75, 3.05) is 6.54 Å². The summed E-state index contributed by atoms with van der Waals surface area (Å²) >= 11 is 0. The maximum Gasteiger partial charge on any atom is 0.126 e. The number of nitrogens with zero attached hydrogens (tertiary/aromatic N) is 2. The Morgan fingerprint density at radius 3 is 3.06 bits per heavy atom. The number of aryl methyl sites for hydroxylation is 2. The van der Waals surface area contributed by atoms with E-state index < -0.39 is 0 Å². The summed E-state index contributed by atoms with van der Waals surface area (Å²) in [5.41, 5.74) is 1.23. The average Bonchev–Trinajstić information content (AvgIpc) is 2.62. The van der Waals surface area contributed by atoms with E-state index in [2.05, 4.69) is 36.9 Å². The molecule has 3 heteroatoms. The molecule has 16 heavy (non-hydrogen) atoms. The van der Waals surface area contributed by atoms with Crippen molar-refractivity contribution in [1.82, 2.24) is 14.9 Å². The molecule has 1 aromatic heterocycles. The van der Waals surface area contributed by atoms with Crippen LogP contribution in [0.3, 0.4) is 0 Å². The van der Waals surface area contributed by atoms with Crippen LogP contribution in [-0.4, -0.2) is 16.1 Å². The summed E-state index contributed by atoms with van der Waals surface area (Å²) in [6.07, 6.45) is 5.68. The van der Waals surface area contributed by atoms with Crippen molar-refractivity contribution in [1.29, 1.82) is 0 Å². The lowest BCUT2D eigenvalue weighted by molar-refractivity contribution is 0.370. The Morgan fingerprint density at radius 1 is 1.56 bits per heavy atom. The highest BCUT2D eigenvalue weighted by atomic mass is 15.1. The summed E-state index contributed by atoms with van der Waals surface area (Å²) in [4.78, 5) is 4.78. The molecule has 0 spiro atoms. The summed E-state index contributed by atoms with van der Waals surface area (Å²) in [6, 6.07) is 0.438. The highest BCUT2D eigenvalue weighted by molar-refractivity contribution is 5.10. The number of nitrogens with one attached hydrogen (secondary N) is 1. The van der Waals surface area contributed by atoms with Gasteiger partial charge in [-0.25, -0.2) is 4.98 Å². The number of hydrogen-bond acceptors (Lipinski definition) is 2. The van der Waals surface area contributed by atoms with Crippen molar-refractivity contribution in [3.63, 3.8) is 0 Å². The molecule has 2 heterocycles. The van der Waals surface area contributed by atoms with E-state index in [9.17, 15) is 0 Å². The molecule has 0 saturated carbocycles. The van der Waals surface area contributed by atoms with Crippen molar-refractivity contribution in [2.24, 2.45) is 5.92 Å². The Hall–Kier alpha value is -0.830. The predicted molar refractivity (Wildman–Crippen MR) is 66.4 cm³/mol. The van der Waals surface area contributed by atoms with Gasteiger partial charge in [-0.1, -0.05) is 27.2 Å². The Labute approximate surface area is 98.3 Å². The van der Waals surface area contributed by atoms with Gasteiger partial charge in [0.25, 0.3) is 0 Å². The summed E-state index contributed by atoms with van der Waals surface area (Å²) < 4.78 is 2.36. The van der Waals surface area contributed by atoms with Gasteiger partial charge >= 0.3 is 0 Å². The first-order chi connectivity index (χ1) is 7.76. The highest BCUT2D eigenvalue weighted by Crippen LogP contribution is 2.26. The molecular formula is C13H23N3. The maximum absolute atomic E-state index is 4.78. The fourth-order valence-electron chi connectivity index (χ4n) is 2.37. The van der Waals surface area contributed by atoms with Crippen LogP contribution < -0.4 is 5.32 Å². The zero-order chi connectivity index (χ0) is 11.5. The standard InChI is InChI=1S/C13H23N3/c1-4-10(3)12-13-15-11(5-2)9-16(13)8-6-7-14-12/h9-10,12,14H,4-8H2,1-3H3. The lowest BCUT2D eigenvalue weighted by Gasteiger charge is -2.21. The Bertz CT molecular complexity index is 343. The molecule has 0 bridgehead atoms. The second-order valence-corrected chi connectivity index (χ2v) is 4.81. The van der Waals surface area contributed by atoms with Crippen molar-refractivity contribution >= 4 is 0 Å². The Kier molecular flexibility index (Phi) is 3.64. The summed E-state index contributed by atoms with van der Waals surface area (Å²) in [7, 11) is 0. The van der Waals surface area contributed by atoms with E-state index in [1.54, 1.807) is 0 Å². The number of imidazole rings is 1. The van der Waals surface area contributed by atoms with Gasteiger partial charge in [0.1, 0.15) is 5.82 Å². The van der Waals surface area contributed by atoms with Crippen LogP contribution in [-0.2, 0) is 13.0 Å². The van der Waals surface area contributed by atoms with Crippen LogP contribution in [0.25, 0.3) is 0 Å². The molecule has 1 aromatic rings. The second-order valence-electron chi connectivity index (χ2n) is 4.81. The zero-order valence-electron chi connectivity index (χ0n) is 10.7. The highest BCUT2D eigenvalue weighted by Gasteiger charge is 2.24. The van der Waals surface area contributed by atoms with Crippen LogP contribution in [0.15, 0.2) is 6.20 Å². The number of fused-ring (bicyclic) bond motifs is 1. The summed E-state index contributed by atoms with van der Waals surface area (Å²) in [5.74, 6) is 1.91. The van der Waals surface area contributed by atoms with Gasteiger partial charge in [0.2, 0.25) is 0 Å². The Balaban J connectivity index is 2.31. The molecule has 1 aliphatic rings. The van der Waals surface area contributed by atoms with Gasteiger partial charge in [-0.2, -0.15) is 0 Å². The lowest BCUT2D eigenvalue weighted by atomic mass is 9.98. The maximum atomic E-state index is 4.78. The van der Waals surface area contributed by atoms with Crippen LogP contribution in [0.1, 0.15) is 51.2 Å². The average molecular weight is 221 g/mol. The zero-order valence-corrected chi connectivity index (χ0v) is 10.7. The quantitative estimate of drug-likeness (QED) is 0.850. The van der Waals surface area contributed by atoms with Crippen molar-refractivity contribution in [3.05, 3.63) is 17.7 Å². The minimum Gasteiger partial charge on any atom is -0.333 e. The lowest BCUT2D eigenvalue weighted by Crippen LogP contribution is -2.27. The van der Waals surface area contributed by atoms with E-state index >= 15 is 0 Å². The van der Waals surface area contributed by atoms with Crippen molar-refractivity contribution in [3.8, 4) is 0 Å². The van der Waals surface area contributed by atoms with Crippen LogP contribution in [0.5, 0.6) is 0 Å². The van der Waals surface area contributed by atoms with E-state index in [1.807, 2.05) is 0 Å². The van der Waals surface area contributed by atoms with E-state index in [0.29, 0.717) is 12.0 Å². The number of hydrogen-bond donors (Lipinski definition) is 1. The minimum absolute atomic E-state index is 0.438. The molecule has 1 aliphatic heterocycles. The molecule has 3 nitrogen and oxygen atoms in total. The van der Waals surface area contributed by atoms with Gasteiger partial charge in [0.05, 0.1) is 11.7 Å². The van der Waals surface area contributed by atoms with Crippen molar-refractivity contribution < 1.29 is 0 Å². The van der Waals surface area contributed by atoms with Gasteiger partial charge in [0, 0.05) is 12.7 Å². The third kappa shape index (κ3) is 2.14. The SMILES string of the molecule is CCc1cn2c(n1)C(C(C)CC)NCCC2. The van der Waals surface area contributed by atoms with E-state index in [1.165, 1.54) is 24.4 Å². The molecule has 2 unspecified atom stereocenters. The first-order valence-corrected chi connectivity index (χ1v) is 6.55. The molecule has 90 valence electrons. The first-order valence-electron chi connectivity index (χ1n) is 6.55. The van der Waals surface area contributed by atoms with Crippen LogP contribution in [0.2, 0.25) is 0 Å². The fourth-order valence-corrected chi connectivity index (χ4v) is 2.37. The molecule has 2 rings (SSSR count). The van der Waals surface area contributed by atoms with Crippen LogP contribution in [0.4, 0.5) is 0 Å². The normalized spacial score (nSPS) is 22.6. The third-order valence-electron chi connectivity index (χ3n) is 3.65.